The Balaban J connectivity index is 1.72. The maximum atomic E-state index is 9.66. The van der Waals surface area contributed by atoms with Gasteiger partial charge >= 0.3 is 6.01 Å². The van der Waals surface area contributed by atoms with E-state index in [-0.39, 0.29) is 12.5 Å². The predicted octanol–water partition coefficient (Wildman–Crippen LogP) is 1.73. The Hall–Kier alpha value is -1.92. The summed E-state index contributed by atoms with van der Waals surface area (Å²) in [6, 6.07) is 10.4. The first-order valence-corrected chi connectivity index (χ1v) is 8.14. The number of aromatic nitrogens is 2. The molecular formula is C17H24N4O2. The summed E-state index contributed by atoms with van der Waals surface area (Å²) in [5.74, 6) is 1.27. The highest BCUT2D eigenvalue weighted by Crippen LogP contribution is 2.29. The topological polar surface area (TPSA) is 65.6 Å². The van der Waals surface area contributed by atoms with Gasteiger partial charge in [0, 0.05) is 37.7 Å². The van der Waals surface area contributed by atoms with E-state index in [1.165, 1.54) is 0 Å². The maximum Gasteiger partial charge on any atom is 0.324 e. The van der Waals surface area contributed by atoms with Gasteiger partial charge in [-0.2, -0.15) is 4.98 Å². The Labute approximate surface area is 136 Å². The normalized spacial score (nSPS) is 21.3. The molecule has 0 aliphatic carbocycles. The van der Waals surface area contributed by atoms with Crippen molar-refractivity contribution in [3.05, 3.63) is 30.3 Å². The summed E-state index contributed by atoms with van der Waals surface area (Å²) in [4.78, 5) is 8.89. The van der Waals surface area contributed by atoms with Gasteiger partial charge in [-0.25, -0.2) is 0 Å². The molecule has 6 nitrogen and oxygen atoms in total. The molecule has 2 heterocycles. The molecule has 0 amide bonds. The number of anilines is 1. The van der Waals surface area contributed by atoms with Crippen LogP contribution < -0.4 is 4.90 Å². The average Bonchev–Trinajstić information content (AvgIpc) is 3.22. The fourth-order valence-corrected chi connectivity index (χ4v) is 3.09. The highest BCUT2D eigenvalue weighted by molar-refractivity contribution is 5.55. The fourth-order valence-electron chi connectivity index (χ4n) is 3.09. The highest BCUT2D eigenvalue weighted by Gasteiger charge is 2.35. The summed E-state index contributed by atoms with van der Waals surface area (Å²) < 4.78 is 5.45. The molecule has 6 heteroatoms. The predicted molar refractivity (Wildman–Crippen MR) is 89.2 cm³/mol. The van der Waals surface area contributed by atoms with Crippen LogP contribution in [0.2, 0.25) is 0 Å². The van der Waals surface area contributed by atoms with Crippen molar-refractivity contribution < 1.29 is 9.63 Å². The number of hydrogen-bond acceptors (Lipinski definition) is 6. The summed E-state index contributed by atoms with van der Waals surface area (Å²) in [7, 11) is 2.11. The molecular weight excluding hydrogens is 292 g/mol. The van der Waals surface area contributed by atoms with Crippen molar-refractivity contribution in [2.45, 2.75) is 6.92 Å². The minimum Gasteiger partial charge on any atom is -0.396 e. The lowest BCUT2D eigenvalue weighted by atomic mass is 9.96. The number of aliphatic hydroxyl groups is 1. The van der Waals surface area contributed by atoms with Gasteiger partial charge in [0.1, 0.15) is 0 Å². The van der Waals surface area contributed by atoms with Crippen molar-refractivity contribution in [2.24, 2.45) is 11.8 Å². The third-order valence-corrected chi connectivity index (χ3v) is 4.61. The Morgan fingerprint density at radius 2 is 2.00 bits per heavy atom. The first-order valence-electron chi connectivity index (χ1n) is 8.14. The van der Waals surface area contributed by atoms with Crippen molar-refractivity contribution in [2.75, 3.05) is 44.7 Å². The van der Waals surface area contributed by atoms with Gasteiger partial charge in [0.05, 0.1) is 0 Å². The summed E-state index contributed by atoms with van der Waals surface area (Å²) in [5, 5.41) is 13.7. The SMILES string of the molecule is CCN(C)C[C@@H]1CN(c2nc(-c3ccccc3)no2)C[C@@H]1CO. The lowest BCUT2D eigenvalue weighted by molar-refractivity contribution is 0.178. The van der Waals surface area contributed by atoms with Crippen LogP contribution in [0.5, 0.6) is 0 Å². The van der Waals surface area contributed by atoms with Crippen LogP contribution in [-0.4, -0.2) is 60.0 Å². The van der Waals surface area contributed by atoms with Crippen LogP contribution in [0.15, 0.2) is 34.9 Å². The zero-order chi connectivity index (χ0) is 16.2. The van der Waals surface area contributed by atoms with E-state index in [4.69, 9.17) is 4.52 Å². The van der Waals surface area contributed by atoms with Gasteiger partial charge < -0.3 is 19.4 Å². The molecule has 0 radical (unpaired) electrons. The van der Waals surface area contributed by atoms with Gasteiger partial charge in [-0.05, 0) is 19.5 Å². The quantitative estimate of drug-likeness (QED) is 0.875. The van der Waals surface area contributed by atoms with Crippen LogP contribution in [0.25, 0.3) is 11.4 Å². The Kier molecular flexibility index (Phi) is 4.93. The van der Waals surface area contributed by atoms with Crippen molar-refractivity contribution in [1.29, 1.82) is 0 Å². The van der Waals surface area contributed by atoms with Gasteiger partial charge in [0.25, 0.3) is 0 Å². The van der Waals surface area contributed by atoms with Crippen LogP contribution in [0, 0.1) is 11.8 Å². The van der Waals surface area contributed by atoms with E-state index in [0.717, 1.165) is 31.7 Å². The molecule has 23 heavy (non-hydrogen) atoms. The molecule has 124 valence electrons. The van der Waals surface area contributed by atoms with Gasteiger partial charge in [-0.1, -0.05) is 42.4 Å². The standard InChI is InChI=1S/C17H24N4O2/c1-3-20(2)9-14-10-21(11-15(14)12-22)17-18-16(19-23-17)13-7-5-4-6-8-13/h4-8,14-15,22H,3,9-12H2,1-2H3/t14-,15-/m1/s1. The van der Waals surface area contributed by atoms with E-state index in [1.807, 2.05) is 30.3 Å². The van der Waals surface area contributed by atoms with E-state index in [1.54, 1.807) is 0 Å². The molecule has 1 aromatic heterocycles. The maximum absolute atomic E-state index is 9.66. The molecule has 1 aliphatic rings. The second kappa shape index (κ2) is 7.10. The number of hydrogen-bond donors (Lipinski definition) is 1. The largest absolute Gasteiger partial charge is 0.396 e. The molecule has 3 rings (SSSR count). The van der Waals surface area contributed by atoms with Crippen LogP contribution in [0.3, 0.4) is 0 Å². The van der Waals surface area contributed by atoms with Crippen LogP contribution >= 0.6 is 0 Å². The Morgan fingerprint density at radius 3 is 2.70 bits per heavy atom. The lowest BCUT2D eigenvalue weighted by Gasteiger charge is -2.22. The van der Waals surface area contributed by atoms with Crippen molar-refractivity contribution in [1.82, 2.24) is 15.0 Å². The first-order chi connectivity index (χ1) is 11.2. The average molecular weight is 316 g/mol. The minimum absolute atomic E-state index is 0.193. The van der Waals surface area contributed by atoms with Gasteiger partial charge in [-0.3, -0.25) is 0 Å². The van der Waals surface area contributed by atoms with E-state index in [9.17, 15) is 5.11 Å². The van der Waals surface area contributed by atoms with Gasteiger partial charge in [0.15, 0.2) is 0 Å². The minimum atomic E-state index is 0.193. The van der Waals surface area contributed by atoms with Crippen molar-refractivity contribution in [3.63, 3.8) is 0 Å². The van der Waals surface area contributed by atoms with Crippen LogP contribution in [0.1, 0.15) is 6.92 Å². The van der Waals surface area contributed by atoms with Crippen molar-refractivity contribution in [3.8, 4) is 11.4 Å². The van der Waals surface area contributed by atoms with E-state index >= 15 is 0 Å². The molecule has 0 bridgehead atoms. The molecule has 2 atom stereocenters. The second-order valence-corrected chi connectivity index (χ2v) is 6.23. The third kappa shape index (κ3) is 3.54. The lowest BCUT2D eigenvalue weighted by Crippen LogP contribution is -2.31. The van der Waals surface area contributed by atoms with Crippen LogP contribution in [-0.2, 0) is 0 Å². The molecule has 1 fully saturated rings. The number of benzene rings is 1. The summed E-state index contributed by atoms with van der Waals surface area (Å²) in [6.07, 6.45) is 0. The molecule has 1 saturated heterocycles. The van der Waals surface area contributed by atoms with Crippen LogP contribution in [0.4, 0.5) is 6.01 Å². The molecule has 1 aliphatic heterocycles. The molecule has 0 spiro atoms. The van der Waals surface area contributed by atoms with Gasteiger partial charge in [0.2, 0.25) is 5.82 Å². The molecule has 1 N–H and O–H groups in total. The summed E-state index contributed by atoms with van der Waals surface area (Å²) in [6.45, 7) is 5.91. The Bertz CT molecular complexity index is 616. The number of rotatable bonds is 6. The third-order valence-electron chi connectivity index (χ3n) is 4.61. The van der Waals surface area contributed by atoms with E-state index in [0.29, 0.717) is 17.8 Å². The summed E-state index contributed by atoms with van der Waals surface area (Å²) in [5.41, 5.74) is 0.947. The molecule has 2 aromatic rings. The molecule has 0 saturated carbocycles. The molecule has 0 unspecified atom stereocenters. The highest BCUT2D eigenvalue weighted by atomic mass is 16.5. The first kappa shape index (κ1) is 16.0. The number of aliphatic hydroxyl groups excluding tert-OH is 1. The van der Waals surface area contributed by atoms with Gasteiger partial charge in [-0.15, -0.1) is 0 Å². The zero-order valence-electron chi connectivity index (χ0n) is 13.7. The van der Waals surface area contributed by atoms with E-state index in [2.05, 4.69) is 33.9 Å². The smallest absolute Gasteiger partial charge is 0.324 e. The fraction of sp³-hybridized carbons (Fsp3) is 0.529. The molecule has 1 aromatic carbocycles. The summed E-state index contributed by atoms with van der Waals surface area (Å²) >= 11 is 0. The Morgan fingerprint density at radius 1 is 1.26 bits per heavy atom. The number of nitrogens with zero attached hydrogens (tertiary/aromatic N) is 4. The van der Waals surface area contributed by atoms with Crippen molar-refractivity contribution >= 4 is 6.01 Å². The zero-order valence-corrected chi connectivity index (χ0v) is 13.7. The van der Waals surface area contributed by atoms with E-state index < -0.39 is 0 Å². The monoisotopic (exact) mass is 316 g/mol. The second-order valence-electron chi connectivity index (χ2n) is 6.23.